The zero-order valence-electron chi connectivity index (χ0n) is 8.27. The summed E-state index contributed by atoms with van der Waals surface area (Å²) in [5.74, 6) is 0. The first kappa shape index (κ1) is 9.15. The van der Waals surface area contributed by atoms with E-state index in [1.807, 2.05) is 18.5 Å². The molecule has 0 aliphatic rings. The van der Waals surface area contributed by atoms with Crippen molar-refractivity contribution >= 4 is 5.65 Å². The third-order valence-corrected chi connectivity index (χ3v) is 2.06. The number of aromatic nitrogens is 3. The lowest BCUT2D eigenvalue weighted by Crippen LogP contribution is -2.14. The Hall–Kier alpha value is -1.42. The third kappa shape index (κ3) is 1.90. The fourth-order valence-corrected chi connectivity index (χ4v) is 1.35. The Kier molecular flexibility index (Phi) is 2.74. The quantitative estimate of drug-likeness (QED) is 0.737. The Labute approximate surface area is 83.0 Å². The van der Waals surface area contributed by atoms with E-state index in [4.69, 9.17) is 0 Å². The van der Waals surface area contributed by atoms with Crippen LogP contribution in [0.1, 0.15) is 18.9 Å². The highest BCUT2D eigenvalue weighted by molar-refractivity contribution is 5.35. The average Bonchev–Trinajstić information content (AvgIpc) is 2.65. The molecular weight excluding hydrogens is 176 g/mol. The smallest absolute Gasteiger partial charge is 0.154 e. The van der Waals surface area contributed by atoms with Crippen molar-refractivity contribution in [1.29, 1.82) is 0 Å². The molecule has 2 heterocycles. The van der Waals surface area contributed by atoms with Crippen LogP contribution in [0.15, 0.2) is 24.7 Å². The van der Waals surface area contributed by atoms with Crippen LogP contribution in [0.5, 0.6) is 0 Å². The minimum Gasteiger partial charge on any atom is -0.313 e. The van der Waals surface area contributed by atoms with Crippen molar-refractivity contribution in [2.45, 2.75) is 19.9 Å². The summed E-state index contributed by atoms with van der Waals surface area (Å²) in [6.07, 6.45) is 6.80. The first-order valence-corrected chi connectivity index (χ1v) is 4.89. The van der Waals surface area contributed by atoms with Crippen molar-refractivity contribution in [3.05, 3.63) is 30.2 Å². The van der Waals surface area contributed by atoms with Crippen molar-refractivity contribution in [2.75, 3.05) is 6.54 Å². The summed E-state index contributed by atoms with van der Waals surface area (Å²) in [6.45, 7) is 4.05. The van der Waals surface area contributed by atoms with E-state index in [1.165, 1.54) is 0 Å². The number of rotatable bonds is 4. The maximum absolute atomic E-state index is 4.28. The van der Waals surface area contributed by atoms with E-state index < -0.39 is 0 Å². The van der Waals surface area contributed by atoms with Gasteiger partial charge in [0.25, 0.3) is 0 Å². The van der Waals surface area contributed by atoms with Gasteiger partial charge in [-0.25, -0.2) is 9.50 Å². The predicted molar refractivity (Wildman–Crippen MR) is 55.0 cm³/mol. The van der Waals surface area contributed by atoms with Crippen LogP contribution in [-0.4, -0.2) is 21.1 Å². The molecule has 1 N–H and O–H groups in total. The van der Waals surface area contributed by atoms with Crippen LogP contribution >= 0.6 is 0 Å². The monoisotopic (exact) mass is 190 g/mol. The summed E-state index contributed by atoms with van der Waals surface area (Å²) in [4.78, 5) is 4.28. The summed E-state index contributed by atoms with van der Waals surface area (Å²) < 4.78 is 1.79. The van der Waals surface area contributed by atoms with E-state index >= 15 is 0 Å². The molecule has 0 spiro atoms. The number of hydrogen-bond acceptors (Lipinski definition) is 3. The van der Waals surface area contributed by atoms with Crippen LogP contribution in [-0.2, 0) is 6.54 Å². The lowest BCUT2D eigenvalue weighted by atomic mass is 10.3. The second kappa shape index (κ2) is 4.19. The fourth-order valence-electron chi connectivity index (χ4n) is 1.35. The molecule has 0 bridgehead atoms. The number of hydrogen-bond donors (Lipinski definition) is 1. The summed E-state index contributed by atoms with van der Waals surface area (Å²) in [6, 6.07) is 1.89. The zero-order valence-corrected chi connectivity index (χ0v) is 8.27. The summed E-state index contributed by atoms with van der Waals surface area (Å²) in [5.41, 5.74) is 2.05. The highest BCUT2D eigenvalue weighted by Crippen LogP contribution is 2.00. The first-order chi connectivity index (χ1) is 6.90. The van der Waals surface area contributed by atoms with Gasteiger partial charge in [0, 0.05) is 30.6 Å². The number of nitrogens with one attached hydrogen (secondary N) is 1. The summed E-state index contributed by atoms with van der Waals surface area (Å²) in [7, 11) is 0. The average molecular weight is 190 g/mol. The van der Waals surface area contributed by atoms with Gasteiger partial charge in [-0.3, -0.25) is 0 Å². The van der Waals surface area contributed by atoms with E-state index in [2.05, 4.69) is 22.3 Å². The van der Waals surface area contributed by atoms with Gasteiger partial charge in [0.1, 0.15) is 0 Å². The highest BCUT2D eigenvalue weighted by atomic mass is 15.2. The number of nitrogens with zero attached hydrogens (tertiary/aromatic N) is 3. The van der Waals surface area contributed by atoms with Gasteiger partial charge in [0.2, 0.25) is 0 Å². The Morgan fingerprint density at radius 2 is 2.43 bits per heavy atom. The Morgan fingerprint density at radius 3 is 3.29 bits per heavy atom. The molecule has 0 saturated heterocycles. The van der Waals surface area contributed by atoms with Crippen molar-refractivity contribution in [2.24, 2.45) is 0 Å². The van der Waals surface area contributed by atoms with Crippen LogP contribution in [0.2, 0.25) is 0 Å². The summed E-state index contributed by atoms with van der Waals surface area (Å²) >= 11 is 0. The molecule has 14 heavy (non-hydrogen) atoms. The first-order valence-electron chi connectivity index (χ1n) is 4.89. The normalized spacial score (nSPS) is 10.9. The number of fused-ring (bicyclic) bond motifs is 1. The minimum atomic E-state index is 0.858. The molecule has 74 valence electrons. The standard InChI is InChI=1S/C10H14N4/c1-2-4-11-6-9-7-12-10-3-5-13-14(10)8-9/h3,5,7-8,11H,2,4,6H2,1H3. The second-order valence-corrected chi connectivity index (χ2v) is 3.27. The SMILES string of the molecule is CCCNCc1cnc2ccnn2c1. The molecule has 0 radical (unpaired) electrons. The van der Waals surface area contributed by atoms with Gasteiger partial charge in [-0.1, -0.05) is 6.92 Å². The van der Waals surface area contributed by atoms with Crippen LogP contribution in [0.3, 0.4) is 0 Å². The Balaban J connectivity index is 2.10. The van der Waals surface area contributed by atoms with Gasteiger partial charge in [-0.15, -0.1) is 0 Å². The Bertz CT molecular complexity index is 407. The van der Waals surface area contributed by atoms with Crippen LogP contribution in [0, 0.1) is 0 Å². The molecule has 0 aliphatic heterocycles. The van der Waals surface area contributed by atoms with E-state index in [0.29, 0.717) is 0 Å². The van der Waals surface area contributed by atoms with Crippen LogP contribution in [0.4, 0.5) is 0 Å². The van der Waals surface area contributed by atoms with Gasteiger partial charge in [-0.05, 0) is 13.0 Å². The van der Waals surface area contributed by atoms with Crippen LogP contribution in [0.25, 0.3) is 5.65 Å². The molecule has 2 rings (SSSR count). The largest absolute Gasteiger partial charge is 0.313 e. The molecule has 0 unspecified atom stereocenters. The maximum atomic E-state index is 4.28. The van der Waals surface area contributed by atoms with E-state index in [1.54, 1.807) is 10.7 Å². The molecule has 4 nitrogen and oxygen atoms in total. The van der Waals surface area contributed by atoms with Crippen molar-refractivity contribution < 1.29 is 0 Å². The van der Waals surface area contributed by atoms with Gasteiger partial charge in [0.15, 0.2) is 5.65 Å². The van der Waals surface area contributed by atoms with Gasteiger partial charge in [-0.2, -0.15) is 5.10 Å². The molecular formula is C10H14N4. The third-order valence-electron chi connectivity index (χ3n) is 2.06. The fraction of sp³-hybridized carbons (Fsp3) is 0.400. The van der Waals surface area contributed by atoms with Crippen molar-refractivity contribution in [3.63, 3.8) is 0 Å². The lowest BCUT2D eigenvalue weighted by Gasteiger charge is -2.02. The molecule has 2 aromatic rings. The molecule has 0 saturated carbocycles. The van der Waals surface area contributed by atoms with Gasteiger partial charge in [0.05, 0.1) is 6.20 Å². The lowest BCUT2D eigenvalue weighted by molar-refractivity contribution is 0.669. The molecule has 0 atom stereocenters. The molecule has 2 aromatic heterocycles. The molecule has 0 aromatic carbocycles. The zero-order chi connectivity index (χ0) is 9.80. The van der Waals surface area contributed by atoms with Gasteiger partial charge >= 0.3 is 0 Å². The van der Waals surface area contributed by atoms with Gasteiger partial charge < -0.3 is 5.32 Å². The minimum absolute atomic E-state index is 0.858. The molecule has 0 aliphatic carbocycles. The van der Waals surface area contributed by atoms with Crippen molar-refractivity contribution in [1.82, 2.24) is 19.9 Å². The second-order valence-electron chi connectivity index (χ2n) is 3.27. The van der Waals surface area contributed by atoms with E-state index in [9.17, 15) is 0 Å². The molecule has 0 fully saturated rings. The van der Waals surface area contributed by atoms with E-state index in [-0.39, 0.29) is 0 Å². The Morgan fingerprint density at radius 1 is 1.50 bits per heavy atom. The highest BCUT2D eigenvalue weighted by Gasteiger charge is 1.96. The van der Waals surface area contributed by atoms with Crippen molar-refractivity contribution in [3.8, 4) is 0 Å². The summed E-state index contributed by atoms with van der Waals surface area (Å²) in [5, 5.41) is 7.46. The predicted octanol–water partition coefficient (Wildman–Crippen LogP) is 1.23. The molecule has 0 amide bonds. The maximum Gasteiger partial charge on any atom is 0.154 e. The molecule has 4 heteroatoms. The van der Waals surface area contributed by atoms with Crippen LogP contribution < -0.4 is 5.32 Å². The van der Waals surface area contributed by atoms with E-state index in [0.717, 1.165) is 30.7 Å². The topological polar surface area (TPSA) is 42.2 Å².